The van der Waals surface area contributed by atoms with Gasteiger partial charge in [0.2, 0.25) is 5.91 Å². The molecule has 1 amide bonds. The van der Waals surface area contributed by atoms with E-state index in [0.717, 1.165) is 19.5 Å². The molecule has 2 atom stereocenters. The minimum absolute atomic E-state index is 0.0212. The summed E-state index contributed by atoms with van der Waals surface area (Å²) in [4.78, 5) is 15.0. The van der Waals surface area contributed by atoms with Crippen molar-refractivity contribution in [3.8, 4) is 0 Å². The molecule has 1 saturated carbocycles. The zero-order valence-corrected chi connectivity index (χ0v) is 14.2. The van der Waals surface area contributed by atoms with Crippen LogP contribution in [0.2, 0.25) is 0 Å². The molecule has 0 aromatic carbocycles. The van der Waals surface area contributed by atoms with E-state index in [4.69, 9.17) is 0 Å². The molecule has 21 heavy (non-hydrogen) atoms. The Morgan fingerprint density at radius 1 is 1.33 bits per heavy atom. The molecule has 2 rings (SSSR count). The summed E-state index contributed by atoms with van der Waals surface area (Å²) in [6, 6.07) is 1.17. The van der Waals surface area contributed by atoms with Gasteiger partial charge >= 0.3 is 0 Å². The van der Waals surface area contributed by atoms with Gasteiger partial charge in [0.1, 0.15) is 0 Å². The fourth-order valence-corrected chi connectivity index (χ4v) is 3.04. The molecule has 2 aliphatic rings. The molecule has 2 unspecified atom stereocenters. The summed E-state index contributed by atoms with van der Waals surface area (Å²) in [6.45, 7) is 10.5. The average molecular weight is 295 g/mol. The van der Waals surface area contributed by atoms with E-state index in [9.17, 15) is 4.79 Å². The first kappa shape index (κ1) is 16.8. The summed E-state index contributed by atoms with van der Waals surface area (Å²) >= 11 is 0. The molecule has 4 heteroatoms. The average Bonchev–Trinajstić information content (AvgIpc) is 3.29. The molecular weight excluding hydrogens is 262 g/mol. The third kappa shape index (κ3) is 4.96. The summed E-state index contributed by atoms with van der Waals surface area (Å²) in [7, 11) is 0. The first-order valence-electron chi connectivity index (χ1n) is 8.74. The van der Waals surface area contributed by atoms with E-state index < -0.39 is 0 Å². The smallest absolute Gasteiger partial charge is 0.237 e. The van der Waals surface area contributed by atoms with Gasteiger partial charge in [0.25, 0.3) is 0 Å². The van der Waals surface area contributed by atoms with Crippen molar-refractivity contribution in [1.29, 1.82) is 0 Å². The van der Waals surface area contributed by atoms with E-state index in [1.165, 1.54) is 32.1 Å². The van der Waals surface area contributed by atoms with Crippen LogP contribution in [-0.2, 0) is 4.79 Å². The number of nitrogens with one attached hydrogen (secondary N) is 2. The molecule has 0 spiro atoms. The molecule has 0 bridgehead atoms. The number of rotatable bonds is 7. The van der Waals surface area contributed by atoms with Crippen LogP contribution in [0.4, 0.5) is 0 Å². The molecule has 122 valence electrons. The number of carbonyl (C=O) groups is 1. The fourth-order valence-electron chi connectivity index (χ4n) is 3.04. The maximum absolute atomic E-state index is 12.6. The lowest BCUT2D eigenvalue weighted by Gasteiger charge is -2.35. The van der Waals surface area contributed by atoms with Crippen molar-refractivity contribution >= 4 is 5.91 Å². The van der Waals surface area contributed by atoms with E-state index in [1.54, 1.807) is 0 Å². The van der Waals surface area contributed by atoms with Gasteiger partial charge in [-0.25, -0.2) is 0 Å². The van der Waals surface area contributed by atoms with E-state index in [0.29, 0.717) is 12.1 Å². The zero-order chi connectivity index (χ0) is 15.5. The van der Waals surface area contributed by atoms with Crippen molar-refractivity contribution in [2.75, 3.05) is 13.1 Å². The highest BCUT2D eigenvalue weighted by atomic mass is 16.2. The molecule has 4 nitrogen and oxygen atoms in total. The first-order chi connectivity index (χ1) is 9.93. The van der Waals surface area contributed by atoms with Gasteiger partial charge in [0.05, 0.1) is 6.04 Å². The number of amides is 1. The van der Waals surface area contributed by atoms with Crippen molar-refractivity contribution in [3.05, 3.63) is 0 Å². The van der Waals surface area contributed by atoms with Crippen LogP contribution in [0, 0.1) is 0 Å². The van der Waals surface area contributed by atoms with Crippen LogP contribution < -0.4 is 10.6 Å². The normalized spacial score (nSPS) is 24.9. The van der Waals surface area contributed by atoms with Crippen LogP contribution in [-0.4, -0.2) is 47.6 Å². The number of hydrogen-bond acceptors (Lipinski definition) is 3. The van der Waals surface area contributed by atoms with E-state index >= 15 is 0 Å². The predicted molar refractivity (Wildman–Crippen MR) is 87.3 cm³/mol. The Balaban J connectivity index is 1.92. The van der Waals surface area contributed by atoms with Crippen LogP contribution in [0.15, 0.2) is 0 Å². The summed E-state index contributed by atoms with van der Waals surface area (Å²) in [5.74, 6) is 0.185. The third-order valence-electron chi connectivity index (χ3n) is 5.08. The van der Waals surface area contributed by atoms with Gasteiger partial charge in [0, 0.05) is 24.2 Å². The van der Waals surface area contributed by atoms with E-state index in [-0.39, 0.29) is 17.5 Å². The summed E-state index contributed by atoms with van der Waals surface area (Å²) in [5, 5.41) is 6.82. The Morgan fingerprint density at radius 3 is 2.57 bits per heavy atom. The summed E-state index contributed by atoms with van der Waals surface area (Å²) in [5.41, 5.74) is -0.107. The van der Waals surface area contributed by atoms with Crippen molar-refractivity contribution in [1.82, 2.24) is 15.5 Å². The Bertz CT molecular complexity index is 346. The second kappa shape index (κ2) is 7.10. The van der Waals surface area contributed by atoms with Crippen LogP contribution in [0.3, 0.4) is 0 Å². The first-order valence-corrected chi connectivity index (χ1v) is 8.74. The van der Waals surface area contributed by atoms with Crippen LogP contribution in [0.1, 0.15) is 66.2 Å². The minimum atomic E-state index is -0.107. The lowest BCUT2D eigenvalue weighted by atomic mass is 10.0. The van der Waals surface area contributed by atoms with Crippen molar-refractivity contribution < 1.29 is 4.79 Å². The standard InChI is InChI=1S/C17H33N3O/c1-5-17(3,4)19-16(21)13(2)20(15-9-10-15)12-14-8-6-7-11-18-14/h13-15,18H,5-12H2,1-4H3,(H,19,21). The molecule has 2 N–H and O–H groups in total. The number of piperidine rings is 1. The predicted octanol–water partition coefficient (Wildman–Crippen LogP) is 2.29. The molecule has 1 aliphatic carbocycles. The molecule has 0 aromatic heterocycles. The Labute approximate surface area is 130 Å². The maximum atomic E-state index is 12.6. The van der Waals surface area contributed by atoms with Gasteiger partial charge < -0.3 is 10.6 Å². The Kier molecular flexibility index (Phi) is 5.67. The van der Waals surface area contributed by atoms with Crippen LogP contribution in [0.5, 0.6) is 0 Å². The topological polar surface area (TPSA) is 44.4 Å². The molecule has 0 radical (unpaired) electrons. The molecular formula is C17H33N3O. The van der Waals surface area contributed by atoms with Gasteiger partial charge in [-0.2, -0.15) is 0 Å². The van der Waals surface area contributed by atoms with Gasteiger partial charge in [0.15, 0.2) is 0 Å². The highest BCUT2D eigenvalue weighted by Crippen LogP contribution is 2.29. The zero-order valence-electron chi connectivity index (χ0n) is 14.2. The monoisotopic (exact) mass is 295 g/mol. The molecule has 2 fully saturated rings. The van der Waals surface area contributed by atoms with Crippen molar-refractivity contribution in [3.63, 3.8) is 0 Å². The van der Waals surface area contributed by atoms with Gasteiger partial charge in [-0.3, -0.25) is 9.69 Å². The van der Waals surface area contributed by atoms with Crippen LogP contribution >= 0.6 is 0 Å². The van der Waals surface area contributed by atoms with Gasteiger partial charge in [-0.05, 0) is 59.4 Å². The minimum Gasteiger partial charge on any atom is -0.350 e. The fraction of sp³-hybridized carbons (Fsp3) is 0.941. The summed E-state index contributed by atoms with van der Waals surface area (Å²) in [6.07, 6.45) is 7.32. The number of nitrogens with zero attached hydrogens (tertiary/aromatic N) is 1. The largest absolute Gasteiger partial charge is 0.350 e. The number of carbonyl (C=O) groups excluding carboxylic acids is 1. The van der Waals surface area contributed by atoms with Crippen molar-refractivity contribution in [2.24, 2.45) is 0 Å². The number of hydrogen-bond donors (Lipinski definition) is 2. The SMILES string of the molecule is CCC(C)(C)NC(=O)C(C)N(CC1CCCCN1)C1CC1. The van der Waals surface area contributed by atoms with Gasteiger partial charge in [-0.15, -0.1) is 0 Å². The quantitative estimate of drug-likeness (QED) is 0.757. The van der Waals surface area contributed by atoms with Crippen molar-refractivity contribution in [2.45, 2.75) is 89.9 Å². The Morgan fingerprint density at radius 2 is 2.05 bits per heavy atom. The highest BCUT2D eigenvalue weighted by Gasteiger charge is 2.37. The van der Waals surface area contributed by atoms with Crippen LogP contribution in [0.25, 0.3) is 0 Å². The maximum Gasteiger partial charge on any atom is 0.237 e. The lowest BCUT2D eigenvalue weighted by Crippen LogP contribution is -2.55. The van der Waals surface area contributed by atoms with Gasteiger partial charge in [-0.1, -0.05) is 13.3 Å². The third-order valence-corrected chi connectivity index (χ3v) is 5.08. The highest BCUT2D eigenvalue weighted by molar-refractivity contribution is 5.82. The second-order valence-electron chi connectivity index (χ2n) is 7.48. The summed E-state index contributed by atoms with van der Waals surface area (Å²) < 4.78 is 0. The molecule has 1 heterocycles. The lowest BCUT2D eigenvalue weighted by molar-refractivity contribution is -0.128. The molecule has 1 aliphatic heterocycles. The van der Waals surface area contributed by atoms with E-state index in [2.05, 4.69) is 43.2 Å². The Hall–Kier alpha value is -0.610. The van der Waals surface area contributed by atoms with E-state index in [1.807, 2.05) is 0 Å². The molecule has 1 saturated heterocycles. The molecule has 0 aromatic rings. The second-order valence-corrected chi connectivity index (χ2v) is 7.48.